The van der Waals surface area contributed by atoms with E-state index in [1.54, 1.807) is 33.0 Å². The van der Waals surface area contributed by atoms with Crippen LogP contribution in [0.4, 0.5) is 11.6 Å². The van der Waals surface area contributed by atoms with Gasteiger partial charge in [-0.2, -0.15) is 0 Å². The van der Waals surface area contributed by atoms with Crippen molar-refractivity contribution in [2.45, 2.75) is 19.4 Å². The van der Waals surface area contributed by atoms with Crippen LogP contribution in [0.5, 0.6) is 5.75 Å². The number of nitrogens with zero attached hydrogens (tertiary/aromatic N) is 1. The van der Waals surface area contributed by atoms with Crippen LogP contribution >= 0.6 is 0 Å². The highest BCUT2D eigenvalue weighted by Crippen LogP contribution is 2.32. The normalized spacial score (nSPS) is 17.4. The van der Waals surface area contributed by atoms with E-state index in [9.17, 15) is 4.79 Å². The van der Waals surface area contributed by atoms with E-state index in [0.29, 0.717) is 17.4 Å². The number of rotatable bonds is 1. The summed E-state index contributed by atoms with van der Waals surface area (Å²) in [6, 6.07) is 3.59. The van der Waals surface area contributed by atoms with Crippen LogP contribution in [0.3, 0.4) is 0 Å². The number of anilines is 2. The number of fused-ring (bicyclic) bond motifs is 1. The fraction of sp³-hybridized carbons (Fsp3) is 0.400. The molecule has 0 saturated carbocycles. The van der Waals surface area contributed by atoms with Crippen LogP contribution in [0, 0.1) is 0 Å². The maximum Gasteiger partial charge on any atom is 0.269 e. The summed E-state index contributed by atoms with van der Waals surface area (Å²) in [5, 5.41) is 5.60. The maximum absolute atomic E-state index is 11.6. The SMILES string of the molecule is CNc1ccc2c(n1)NC(=O)C(C)(C)O2. The molecule has 5 nitrogen and oxygen atoms in total. The maximum atomic E-state index is 11.6. The fourth-order valence-corrected chi connectivity index (χ4v) is 1.34. The Bertz CT molecular complexity index is 415. The van der Waals surface area contributed by atoms with Crippen molar-refractivity contribution >= 4 is 17.5 Å². The zero-order valence-corrected chi connectivity index (χ0v) is 8.92. The lowest BCUT2D eigenvalue weighted by Gasteiger charge is -2.30. The summed E-state index contributed by atoms with van der Waals surface area (Å²) in [6.45, 7) is 3.44. The van der Waals surface area contributed by atoms with Crippen LogP contribution in [-0.4, -0.2) is 23.5 Å². The van der Waals surface area contributed by atoms with Gasteiger partial charge in [0.25, 0.3) is 5.91 Å². The zero-order chi connectivity index (χ0) is 11.1. The third kappa shape index (κ3) is 1.60. The molecule has 0 spiro atoms. The second kappa shape index (κ2) is 3.12. The highest BCUT2D eigenvalue weighted by Gasteiger charge is 2.35. The Morgan fingerprint density at radius 1 is 1.47 bits per heavy atom. The van der Waals surface area contributed by atoms with Crippen molar-refractivity contribution < 1.29 is 9.53 Å². The van der Waals surface area contributed by atoms with Crippen LogP contribution in [0.25, 0.3) is 0 Å². The predicted molar refractivity (Wildman–Crippen MR) is 57.1 cm³/mol. The number of nitrogens with one attached hydrogen (secondary N) is 2. The Morgan fingerprint density at radius 3 is 2.87 bits per heavy atom. The number of carbonyl (C=O) groups is 1. The largest absolute Gasteiger partial charge is 0.474 e. The third-order valence-corrected chi connectivity index (χ3v) is 2.26. The average molecular weight is 207 g/mol. The minimum Gasteiger partial charge on any atom is -0.474 e. The minimum absolute atomic E-state index is 0.184. The van der Waals surface area contributed by atoms with Crippen molar-refractivity contribution in [1.29, 1.82) is 0 Å². The van der Waals surface area contributed by atoms with Gasteiger partial charge in [-0.25, -0.2) is 4.98 Å². The Kier molecular flexibility index (Phi) is 2.03. The minimum atomic E-state index is -0.837. The van der Waals surface area contributed by atoms with Gasteiger partial charge in [0.2, 0.25) is 0 Å². The van der Waals surface area contributed by atoms with Gasteiger partial charge in [0.05, 0.1) is 0 Å². The molecule has 2 rings (SSSR count). The Morgan fingerprint density at radius 2 is 2.20 bits per heavy atom. The monoisotopic (exact) mass is 207 g/mol. The topological polar surface area (TPSA) is 63.2 Å². The first-order chi connectivity index (χ1) is 7.03. The molecule has 1 aromatic rings. The van der Waals surface area contributed by atoms with Crippen LogP contribution < -0.4 is 15.4 Å². The Labute approximate surface area is 87.8 Å². The quantitative estimate of drug-likeness (QED) is 0.727. The van der Waals surface area contributed by atoms with E-state index in [2.05, 4.69) is 15.6 Å². The molecule has 0 atom stereocenters. The van der Waals surface area contributed by atoms with E-state index in [0.717, 1.165) is 0 Å². The first kappa shape index (κ1) is 9.76. The summed E-state index contributed by atoms with van der Waals surface area (Å²) in [5.74, 6) is 1.57. The lowest BCUT2D eigenvalue weighted by molar-refractivity contribution is -0.129. The van der Waals surface area contributed by atoms with E-state index in [-0.39, 0.29) is 5.91 Å². The first-order valence-corrected chi connectivity index (χ1v) is 4.72. The molecule has 1 amide bonds. The summed E-state index contributed by atoms with van der Waals surface area (Å²) >= 11 is 0. The van der Waals surface area contributed by atoms with E-state index >= 15 is 0 Å². The predicted octanol–water partition coefficient (Wildman–Crippen LogP) is 1.23. The molecule has 1 aliphatic rings. The van der Waals surface area contributed by atoms with Gasteiger partial charge in [-0.15, -0.1) is 0 Å². The number of amides is 1. The molecule has 80 valence electrons. The number of pyridine rings is 1. The molecule has 0 aliphatic carbocycles. The lowest BCUT2D eigenvalue weighted by atomic mass is 10.1. The van der Waals surface area contributed by atoms with Gasteiger partial charge in [-0.3, -0.25) is 4.79 Å². The smallest absolute Gasteiger partial charge is 0.269 e. The number of aromatic nitrogens is 1. The van der Waals surface area contributed by atoms with E-state index in [4.69, 9.17) is 4.74 Å². The molecule has 0 unspecified atom stereocenters. The molecular weight excluding hydrogens is 194 g/mol. The summed E-state index contributed by atoms with van der Waals surface area (Å²) in [4.78, 5) is 15.8. The molecular formula is C10H13N3O2. The summed E-state index contributed by atoms with van der Waals surface area (Å²) < 4.78 is 5.53. The second-order valence-corrected chi connectivity index (χ2v) is 3.86. The summed E-state index contributed by atoms with van der Waals surface area (Å²) in [6.07, 6.45) is 0. The molecule has 0 radical (unpaired) electrons. The van der Waals surface area contributed by atoms with Crippen molar-refractivity contribution in [2.75, 3.05) is 17.7 Å². The lowest BCUT2D eigenvalue weighted by Crippen LogP contribution is -2.46. The molecule has 2 heterocycles. The molecule has 15 heavy (non-hydrogen) atoms. The molecule has 0 saturated heterocycles. The molecule has 2 N–H and O–H groups in total. The highest BCUT2D eigenvalue weighted by atomic mass is 16.5. The van der Waals surface area contributed by atoms with Crippen LogP contribution in [0.1, 0.15) is 13.8 Å². The number of carbonyl (C=O) groups excluding carboxylic acids is 1. The number of ether oxygens (including phenoxy) is 1. The fourth-order valence-electron chi connectivity index (χ4n) is 1.34. The molecule has 5 heteroatoms. The molecule has 1 aromatic heterocycles. The van der Waals surface area contributed by atoms with Crippen molar-refractivity contribution in [3.8, 4) is 5.75 Å². The van der Waals surface area contributed by atoms with E-state index < -0.39 is 5.60 Å². The van der Waals surface area contributed by atoms with Gasteiger partial charge in [0.1, 0.15) is 5.82 Å². The highest BCUT2D eigenvalue weighted by molar-refractivity contribution is 5.99. The van der Waals surface area contributed by atoms with Gasteiger partial charge < -0.3 is 15.4 Å². The van der Waals surface area contributed by atoms with Crippen molar-refractivity contribution in [2.24, 2.45) is 0 Å². The van der Waals surface area contributed by atoms with E-state index in [1.165, 1.54) is 0 Å². The van der Waals surface area contributed by atoms with Crippen LogP contribution in [0.15, 0.2) is 12.1 Å². The number of hydrogen-bond acceptors (Lipinski definition) is 4. The van der Waals surface area contributed by atoms with Gasteiger partial charge >= 0.3 is 0 Å². The van der Waals surface area contributed by atoms with Gasteiger partial charge in [-0.05, 0) is 26.0 Å². The standard InChI is InChI=1S/C10H13N3O2/c1-10(2)9(14)13-8-6(15-10)4-5-7(11-3)12-8/h4-5H,1-3H3,(H2,11,12,13,14). The molecule has 0 bridgehead atoms. The zero-order valence-electron chi connectivity index (χ0n) is 8.92. The molecule has 1 aliphatic heterocycles. The molecule has 0 fully saturated rings. The Balaban J connectivity index is 2.41. The van der Waals surface area contributed by atoms with E-state index in [1.807, 2.05) is 0 Å². The first-order valence-electron chi connectivity index (χ1n) is 4.72. The average Bonchev–Trinajstić information content (AvgIpc) is 2.19. The van der Waals surface area contributed by atoms with Gasteiger partial charge in [0.15, 0.2) is 17.2 Å². The van der Waals surface area contributed by atoms with Crippen molar-refractivity contribution in [3.05, 3.63) is 12.1 Å². The van der Waals surface area contributed by atoms with Crippen molar-refractivity contribution in [1.82, 2.24) is 4.98 Å². The van der Waals surface area contributed by atoms with Gasteiger partial charge in [0, 0.05) is 7.05 Å². The number of hydrogen-bond donors (Lipinski definition) is 2. The summed E-state index contributed by atoms with van der Waals surface area (Å²) in [7, 11) is 1.77. The third-order valence-electron chi connectivity index (χ3n) is 2.26. The Hall–Kier alpha value is -1.78. The summed E-state index contributed by atoms with van der Waals surface area (Å²) in [5.41, 5.74) is -0.837. The molecule has 0 aromatic carbocycles. The second-order valence-electron chi connectivity index (χ2n) is 3.86. The van der Waals surface area contributed by atoms with Gasteiger partial charge in [-0.1, -0.05) is 0 Å². The van der Waals surface area contributed by atoms with Crippen LogP contribution in [-0.2, 0) is 4.79 Å². The van der Waals surface area contributed by atoms with Crippen molar-refractivity contribution in [3.63, 3.8) is 0 Å². The van der Waals surface area contributed by atoms with Crippen LogP contribution in [0.2, 0.25) is 0 Å².